The number of piperazine rings is 1. The van der Waals surface area contributed by atoms with E-state index in [4.69, 9.17) is 5.11 Å². The predicted octanol–water partition coefficient (Wildman–Crippen LogP) is 1.07. The molecule has 0 aromatic carbocycles. The fourth-order valence-corrected chi connectivity index (χ4v) is 3.15. The van der Waals surface area contributed by atoms with Crippen LogP contribution in [0.15, 0.2) is 0 Å². The molecule has 6 nitrogen and oxygen atoms in total. The lowest BCUT2D eigenvalue weighted by molar-refractivity contribution is -0.138. The zero-order valence-corrected chi connectivity index (χ0v) is 12.3. The molecule has 0 spiro atoms. The minimum absolute atomic E-state index is 0.0727. The second-order valence-electron chi connectivity index (χ2n) is 5.69. The Bertz CT molecular complexity index is 354. The molecule has 1 atom stereocenters. The summed E-state index contributed by atoms with van der Waals surface area (Å²) in [6, 6.07) is 0.528. The molecule has 1 N–H and O–H groups in total. The van der Waals surface area contributed by atoms with Crippen molar-refractivity contribution in [1.82, 2.24) is 14.7 Å². The molecule has 2 saturated heterocycles. The highest BCUT2D eigenvalue weighted by Crippen LogP contribution is 2.21. The molecule has 0 radical (unpaired) electrons. The number of nitrogens with zero attached hydrogens (tertiary/aromatic N) is 3. The standard InChI is InChI=1S/C14H25N3O3/c1-2-12-5-3-4-6-17(12)14(20)16-9-7-15(8-10-16)11-13(18)19/h12H,2-11H2,1H3,(H,18,19). The van der Waals surface area contributed by atoms with Gasteiger partial charge in [0.2, 0.25) is 0 Å². The lowest BCUT2D eigenvalue weighted by atomic mass is 10.0. The van der Waals surface area contributed by atoms with E-state index in [2.05, 4.69) is 6.92 Å². The Kier molecular flexibility index (Phi) is 5.23. The van der Waals surface area contributed by atoms with Gasteiger partial charge in [0.05, 0.1) is 6.54 Å². The number of hydrogen-bond donors (Lipinski definition) is 1. The van der Waals surface area contributed by atoms with E-state index in [0.717, 1.165) is 25.8 Å². The molecule has 6 heteroatoms. The number of carboxylic acids is 1. The SMILES string of the molecule is CCC1CCCCN1C(=O)N1CCN(CC(=O)O)CC1. The number of piperidine rings is 1. The summed E-state index contributed by atoms with van der Waals surface area (Å²) in [6.07, 6.45) is 4.45. The smallest absolute Gasteiger partial charge is 0.320 e. The Hall–Kier alpha value is -1.30. The molecule has 0 aliphatic carbocycles. The molecule has 2 amide bonds. The molecule has 0 aromatic heterocycles. The summed E-state index contributed by atoms with van der Waals surface area (Å²) in [7, 11) is 0. The molecule has 2 aliphatic rings. The van der Waals surface area contributed by atoms with Crippen LogP contribution in [0, 0.1) is 0 Å². The van der Waals surface area contributed by atoms with Crippen molar-refractivity contribution in [2.45, 2.75) is 38.6 Å². The van der Waals surface area contributed by atoms with Crippen molar-refractivity contribution in [3.05, 3.63) is 0 Å². The van der Waals surface area contributed by atoms with Crippen molar-refractivity contribution in [2.24, 2.45) is 0 Å². The molecule has 0 bridgehead atoms. The Morgan fingerprint density at radius 2 is 1.80 bits per heavy atom. The number of urea groups is 1. The minimum atomic E-state index is -0.799. The highest BCUT2D eigenvalue weighted by molar-refractivity contribution is 5.75. The van der Waals surface area contributed by atoms with E-state index in [1.165, 1.54) is 6.42 Å². The second-order valence-corrected chi connectivity index (χ2v) is 5.69. The van der Waals surface area contributed by atoms with Gasteiger partial charge in [0, 0.05) is 38.8 Å². The fraction of sp³-hybridized carbons (Fsp3) is 0.857. The molecule has 2 aliphatic heterocycles. The van der Waals surface area contributed by atoms with Crippen LogP contribution in [-0.2, 0) is 4.79 Å². The summed E-state index contributed by atoms with van der Waals surface area (Å²) in [5, 5.41) is 8.78. The highest BCUT2D eigenvalue weighted by Gasteiger charge is 2.30. The fourth-order valence-electron chi connectivity index (χ4n) is 3.15. The maximum absolute atomic E-state index is 12.6. The van der Waals surface area contributed by atoms with Crippen molar-refractivity contribution >= 4 is 12.0 Å². The summed E-state index contributed by atoms with van der Waals surface area (Å²) in [6.45, 7) is 5.67. The van der Waals surface area contributed by atoms with E-state index in [9.17, 15) is 9.59 Å². The number of aliphatic carboxylic acids is 1. The average molecular weight is 283 g/mol. The van der Waals surface area contributed by atoms with Crippen LogP contribution in [0.5, 0.6) is 0 Å². The molecule has 0 saturated carbocycles. The molecule has 1 unspecified atom stereocenters. The third kappa shape index (κ3) is 3.62. The summed E-state index contributed by atoms with van der Waals surface area (Å²) in [4.78, 5) is 29.0. The van der Waals surface area contributed by atoms with Gasteiger partial charge < -0.3 is 14.9 Å². The van der Waals surface area contributed by atoms with Gasteiger partial charge in [-0.1, -0.05) is 6.92 Å². The number of amides is 2. The number of carboxylic acid groups (broad SMARTS) is 1. The van der Waals surface area contributed by atoms with Crippen LogP contribution in [-0.4, -0.2) is 77.1 Å². The zero-order valence-electron chi connectivity index (χ0n) is 12.3. The number of rotatable bonds is 3. The molecule has 20 heavy (non-hydrogen) atoms. The van der Waals surface area contributed by atoms with E-state index in [-0.39, 0.29) is 12.6 Å². The molecule has 2 fully saturated rings. The highest BCUT2D eigenvalue weighted by atomic mass is 16.4. The first kappa shape index (κ1) is 15.1. The minimum Gasteiger partial charge on any atom is -0.480 e. The van der Waals surface area contributed by atoms with Crippen LogP contribution in [0.2, 0.25) is 0 Å². The summed E-state index contributed by atoms with van der Waals surface area (Å²) in [5.74, 6) is -0.799. The average Bonchev–Trinajstić information content (AvgIpc) is 2.46. The van der Waals surface area contributed by atoms with Gasteiger partial charge in [0.1, 0.15) is 0 Å². The first-order chi connectivity index (χ1) is 9.61. The third-order valence-corrected chi connectivity index (χ3v) is 4.35. The zero-order chi connectivity index (χ0) is 14.5. The van der Waals surface area contributed by atoms with Gasteiger partial charge in [-0.15, -0.1) is 0 Å². The number of likely N-dealkylation sites (tertiary alicyclic amines) is 1. The van der Waals surface area contributed by atoms with E-state index in [0.29, 0.717) is 32.2 Å². The van der Waals surface area contributed by atoms with Gasteiger partial charge in [-0.3, -0.25) is 9.69 Å². The molecule has 0 aromatic rings. The third-order valence-electron chi connectivity index (χ3n) is 4.35. The Morgan fingerprint density at radius 3 is 2.40 bits per heavy atom. The van der Waals surface area contributed by atoms with Gasteiger partial charge in [0.25, 0.3) is 0 Å². The van der Waals surface area contributed by atoms with Crippen molar-refractivity contribution < 1.29 is 14.7 Å². The van der Waals surface area contributed by atoms with E-state index in [1.807, 2.05) is 14.7 Å². The normalized spacial score (nSPS) is 24.8. The molecule has 2 rings (SSSR count). The Morgan fingerprint density at radius 1 is 1.10 bits per heavy atom. The van der Waals surface area contributed by atoms with E-state index < -0.39 is 5.97 Å². The first-order valence-electron chi connectivity index (χ1n) is 7.61. The van der Waals surface area contributed by atoms with Gasteiger partial charge in [-0.25, -0.2) is 4.79 Å². The van der Waals surface area contributed by atoms with Gasteiger partial charge >= 0.3 is 12.0 Å². The monoisotopic (exact) mass is 283 g/mol. The maximum atomic E-state index is 12.6. The van der Waals surface area contributed by atoms with Crippen LogP contribution < -0.4 is 0 Å². The quantitative estimate of drug-likeness (QED) is 0.841. The molecule has 114 valence electrons. The van der Waals surface area contributed by atoms with Gasteiger partial charge in [-0.05, 0) is 25.7 Å². The molecular weight excluding hydrogens is 258 g/mol. The second kappa shape index (κ2) is 6.92. The largest absolute Gasteiger partial charge is 0.480 e. The Labute approximate surface area is 120 Å². The van der Waals surface area contributed by atoms with Crippen LogP contribution in [0.4, 0.5) is 4.79 Å². The van der Waals surface area contributed by atoms with Crippen molar-refractivity contribution in [2.75, 3.05) is 39.3 Å². The lowest BCUT2D eigenvalue weighted by Gasteiger charge is -2.41. The number of carbonyl (C=O) groups excluding carboxylic acids is 1. The summed E-state index contributed by atoms with van der Waals surface area (Å²) in [5.41, 5.74) is 0. The molecule has 2 heterocycles. The van der Waals surface area contributed by atoms with Crippen LogP contribution >= 0.6 is 0 Å². The van der Waals surface area contributed by atoms with Gasteiger partial charge in [0.15, 0.2) is 0 Å². The van der Waals surface area contributed by atoms with Crippen LogP contribution in [0.1, 0.15) is 32.6 Å². The van der Waals surface area contributed by atoms with Crippen molar-refractivity contribution in [3.63, 3.8) is 0 Å². The summed E-state index contributed by atoms with van der Waals surface area (Å²) >= 11 is 0. The maximum Gasteiger partial charge on any atom is 0.320 e. The molecular formula is C14H25N3O3. The van der Waals surface area contributed by atoms with Crippen molar-refractivity contribution in [1.29, 1.82) is 0 Å². The van der Waals surface area contributed by atoms with Crippen LogP contribution in [0.3, 0.4) is 0 Å². The van der Waals surface area contributed by atoms with E-state index in [1.54, 1.807) is 0 Å². The van der Waals surface area contributed by atoms with E-state index >= 15 is 0 Å². The number of hydrogen-bond acceptors (Lipinski definition) is 3. The summed E-state index contributed by atoms with van der Waals surface area (Å²) < 4.78 is 0. The number of carbonyl (C=O) groups is 2. The lowest BCUT2D eigenvalue weighted by Crippen LogP contribution is -2.56. The Balaban J connectivity index is 1.86. The predicted molar refractivity (Wildman–Crippen MR) is 75.7 cm³/mol. The van der Waals surface area contributed by atoms with Crippen LogP contribution in [0.25, 0.3) is 0 Å². The van der Waals surface area contributed by atoms with Crippen molar-refractivity contribution in [3.8, 4) is 0 Å². The topological polar surface area (TPSA) is 64.1 Å². The van der Waals surface area contributed by atoms with Gasteiger partial charge in [-0.2, -0.15) is 0 Å². The first-order valence-corrected chi connectivity index (χ1v) is 7.61.